The predicted molar refractivity (Wildman–Crippen MR) is 104 cm³/mol. The molecule has 4 rings (SSSR count). The van der Waals surface area contributed by atoms with Crippen molar-refractivity contribution in [3.63, 3.8) is 0 Å². The zero-order valence-electron chi connectivity index (χ0n) is 14.8. The van der Waals surface area contributed by atoms with Crippen molar-refractivity contribution in [1.82, 2.24) is 24.8 Å². The average Bonchev–Trinajstić information content (AvgIpc) is 2.68. The molecule has 1 N–H and O–H groups in total. The molecule has 0 saturated heterocycles. The van der Waals surface area contributed by atoms with Crippen LogP contribution in [0.4, 0.5) is 0 Å². The van der Waals surface area contributed by atoms with Gasteiger partial charge in [0, 0.05) is 59.4 Å². The van der Waals surface area contributed by atoms with E-state index in [0.29, 0.717) is 31.2 Å². The molecule has 4 heterocycles. The first-order valence-electron chi connectivity index (χ1n) is 8.57. The SMILES string of the molecule is COc1ncc(Br)cc1CN1CCc2c(nc(-c3ccncc3)[nH]c2=O)C1. The van der Waals surface area contributed by atoms with Gasteiger partial charge in [0.05, 0.1) is 12.8 Å². The van der Waals surface area contributed by atoms with Gasteiger partial charge in [0.15, 0.2) is 0 Å². The molecule has 8 heteroatoms. The lowest BCUT2D eigenvalue weighted by Crippen LogP contribution is -2.35. The lowest BCUT2D eigenvalue weighted by atomic mass is 10.1. The van der Waals surface area contributed by atoms with E-state index in [2.05, 4.69) is 35.8 Å². The van der Waals surface area contributed by atoms with E-state index in [0.717, 1.165) is 33.4 Å². The topological polar surface area (TPSA) is 84.0 Å². The summed E-state index contributed by atoms with van der Waals surface area (Å²) in [6, 6.07) is 5.68. The Morgan fingerprint density at radius 1 is 1.33 bits per heavy atom. The molecule has 0 spiro atoms. The minimum absolute atomic E-state index is 0.0619. The van der Waals surface area contributed by atoms with Gasteiger partial charge in [-0.25, -0.2) is 9.97 Å². The molecule has 3 aromatic heterocycles. The standard InChI is InChI=1S/C19H18BrN5O2/c1-27-19-13(8-14(20)9-22-19)10-25-7-4-15-16(11-25)23-17(24-18(15)26)12-2-5-21-6-3-12/h2-3,5-6,8-9H,4,7,10-11H2,1H3,(H,23,24,26). The first kappa shape index (κ1) is 17.8. The summed E-state index contributed by atoms with van der Waals surface area (Å²) in [6.45, 7) is 2.06. The van der Waals surface area contributed by atoms with Crippen molar-refractivity contribution in [3.8, 4) is 17.3 Å². The Morgan fingerprint density at radius 3 is 2.93 bits per heavy atom. The molecule has 138 valence electrons. The zero-order chi connectivity index (χ0) is 18.8. The number of nitrogens with one attached hydrogen (secondary N) is 1. The summed E-state index contributed by atoms with van der Waals surface area (Å²) in [6.07, 6.45) is 5.76. The second kappa shape index (κ2) is 7.58. The fourth-order valence-corrected chi connectivity index (χ4v) is 3.66. The number of fused-ring (bicyclic) bond motifs is 1. The summed E-state index contributed by atoms with van der Waals surface area (Å²) in [7, 11) is 1.62. The van der Waals surface area contributed by atoms with Crippen LogP contribution in [0.1, 0.15) is 16.8 Å². The quantitative estimate of drug-likeness (QED) is 0.688. The van der Waals surface area contributed by atoms with Crippen LogP contribution in [-0.2, 0) is 19.5 Å². The Bertz CT molecular complexity index is 1020. The van der Waals surface area contributed by atoms with Gasteiger partial charge in [-0.2, -0.15) is 0 Å². The molecule has 0 unspecified atom stereocenters. The Morgan fingerprint density at radius 2 is 2.15 bits per heavy atom. The molecule has 0 fully saturated rings. The van der Waals surface area contributed by atoms with Crippen molar-refractivity contribution in [1.29, 1.82) is 0 Å². The number of methoxy groups -OCH3 is 1. The van der Waals surface area contributed by atoms with Crippen LogP contribution in [0.2, 0.25) is 0 Å². The molecular formula is C19H18BrN5O2. The van der Waals surface area contributed by atoms with E-state index in [1.807, 2.05) is 18.2 Å². The number of ether oxygens (including phenoxy) is 1. The molecule has 0 amide bonds. The van der Waals surface area contributed by atoms with Gasteiger partial charge < -0.3 is 9.72 Å². The van der Waals surface area contributed by atoms with E-state index in [4.69, 9.17) is 9.72 Å². The van der Waals surface area contributed by atoms with E-state index in [9.17, 15) is 4.79 Å². The number of pyridine rings is 2. The second-order valence-corrected chi connectivity index (χ2v) is 7.27. The summed E-state index contributed by atoms with van der Waals surface area (Å²) in [5.41, 5.74) is 3.37. The number of aromatic amines is 1. The molecule has 27 heavy (non-hydrogen) atoms. The Kier molecular flexibility index (Phi) is 5.00. The summed E-state index contributed by atoms with van der Waals surface area (Å²) >= 11 is 3.46. The smallest absolute Gasteiger partial charge is 0.254 e. The fraction of sp³-hybridized carbons (Fsp3) is 0.263. The van der Waals surface area contributed by atoms with Crippen LogP contribution in [0.25, 0.3) is 11.4 Å². The molecule has 7 nitrogen and oxygen atoms in total. The number of nitrogens with zero attached hydrogens (tertiary/aromatic N) is 4. The molecule has 0 radical (unpaired) electrons. The van der Waals surface area contributed by atoms with Crippen LogP contribution >= 0.6 is 15.9 Å². The maximum absolute atomic E-state index is 12.5. The number of H-pyrrole nitrogens is 1. The van der Waals surface area contributed by atoms with Gasteiger partial charge in [-0.1, -0.05) is 0 Å². The minimum Gasteiger partial charge on any atom is -0.481 e. The normalized spacial score (nSPS) is 14.0. The van der Waals surface area contributed by atoms with E-state index in [1.165, 1.54) is 0 Å². The number of halogens is 1. The Labute approximate surface area is 164 Å². The molecule has 0 saturated carbocycles. The second-order valence-electron chi connectivity index (χ2n) is 6.36. The first-order valence-corrected chi connectivity index (χ1v) is 9.36. The molecular weight excluding hydrogens is 410 g/mol. The van der Waals surface area contributed by atoms with Gasteiger partial charge in [0.25, 0.3) is 5.56 Å². The number of hydrogen-bond donors (Lipinski definition) is 1. The monoisotopic (exact) mass is 427 g/mol. The Hall–Kier alpha value is -2.58. The van der Waals surface area contributed by atoms with E-state index in [-0.39, 0.29) is 5.56 Å². The van der Waals surface area contributed by atoms with Crippen LogP contribution in [0.15, 0.2) is 46.1 Å². The van der Waals surface area contributed by atoms with Crippen molar-refractivity contribution < 1.29 is 4.74 Å². The van der Waals surface area contributed by atoms with Gasteiger partial charge >= 0.3 is 0 Å². The highest BCUT2D eigenvalue weighted by Crippen LogP contribution is 2.24. The lowest BCUT2D eigenvalue weighted by Gasteiger charge is -2.28. The fourth-order valence-electron chi connectivity index (χ4n) is 3.28. The molecule has 0 bridgehead atoms. The van der Waals surface area contributed by atoms with Gasteiger partial charge in [-0.3, -0.25) is 14.7 Å². The van der Waals surface area contributed by atoms with Crippen molar-refractivity contribution in [2.75, 3.05) is 13.7 Å². The molecule has 0 aliphatic carbocycles. The van der Waals surface area contributed by atoms with Crippen LogP contribution in [-0.4, -0.2) is 38.5 Å². The lowest BCUT2D eigenvalue weighted by molar-refractivity contribution is 0.236. The van der Waals surface area contributed by atoms with E-state index < -0.39 is 0 Å². The maximum atomic E-state index is 12.5. The highest BCUT2D eigenvalue weighted by atomic mass is 79.9. The number of aromatic nitrogens is 4. The Balaban J connectivity index is 1.62. The molecule has 1 aliphatic rings. The highest BCUT2D eigenvalue weighted by molar-refractivity contribution is 9.10. The third-order valence-electron chi connectivity index (χ3n) is 4.59. The maximum Gasteiger partial charge on any atom is 0.254 e. The number of rotatable bonds is 4. The summed E-state index contributed by atoms with van der Waals surface area (Å²) in [5.74, 6) is 1.19. The molecule has 0 aromatic carbocycles. The van der Waals surface area contributed by atoms with Gasteiger partial charge in [-0.15, -0.1) is 0 Å². The third-order valence-corrected chi connectivity index (χ3v) is 5.02. The zero-order valence-corrected chi connectivity index (χ0v) is 16.4. The molecule has 3 aromatic rings. The van der Waals surface area contributed by atoms with E-state index >= 15 is 0 Å². The highest BCUT2D eigenvalue weighted by Gasteiger charge is 2.22. The van der Waals surface area contributed by atoms with Crippen molar-refractivity contribution >= 4 is 15.9 Å². The third kappa shape index (κ3) is 3.77. The summed E-state index contributed by atoms with van der Waals surface area (Å²) < 4.78 is 6.28. The van der Waals surface area contributed by atoms with Crippen LogP contribution < -0.4 is 10.3 Å². The van der Waals surface area contributed by atoms with Crippen LogP contribution in [0, 0.1) is 0 Å². The predicted octanol–water partition coefficient (Wildman–Crippen LogP) is 2.56. The number of hydrogen-bond acceptors (Lipinski definition) is 6. The van der Waals surface area contributed by atoms with Gasteiger partial charge in [0.2, 0.25) is 5.88 Å². The van der Waals surface area contributed by atoms with Crippen molar-refractivity contribution in [2.45, 2.75) is 19.5 Å². The largest absolute Gasteiger partial charge is 0.481 e. The molecule has 1 aliphatic heterocycles. The van der Waals surface area contributed by atoms with Crippen molar-refractivity contribution in [3.05, 3.63) is 68.4 Å². The molecule has 0 atom stereocenters. The van der Waals surface area contributed by atoms with Gasteiger partial charge in [0.1, 0.15) is 5.82 Å². The minimum atomic E-state index is -0.0619. The average molecular weight is 428 g/mol. The summed E-state index contributed by atoms with van der Waals surface area (Å²) in [5, 5.41) is 0. The van der Waals surface area contributed by atoms with Crippen LogP contribution in [0.3, 0.4) is 0 Å². The van der Waals surface area contributed by atoms with Crippen LogP contribution in [0.5, 0.6) is 5.88 Å². The summed E-state index contributed by atoms with van der Waals surface area (Å²) in [4.78, 5) is 30.7. The first-order chi connectivity index (χ1) is 13.1. The van der Waals surface area contributed by atoms with E-state index in [1.54, 1.807) is 25.7 Å². The van der Waals surface area contributed by atoms with Gasteiger partial charge in [-0.05, 0) is 40.5 Å². The van der Waals surface area contributed by atoms with Crippen molar-refractivity contribution in [2.24, 2.45) is 0 Å².